The summed E-state index contributed by atoms with van der Waals surface area (Å²) in [6.45, 7) is 4.43. The Hall–Kier alpha value is -3.30. The normalized spacial score (nSPS) is 11.3. The summed E-state index contributed by atoms with van der Waals surface area (Å²) >= 11 is 1.74. The number of hydrogen-bond acceptors (Lipinski definition) is 3. The first kappa shape index (κ1) is 18.7. The molecule has 2 aromatic heterocycles. The quantitative estimate of drug-likeness (QED) is 0.304. The van der Waals surface area contributed by atoms with Gasteiger partial charge in [-0.05, 0) is 41.3 Å². The van der Waals surface area contributed by atoms with Gasteiger partial charge >= 0.3 is 0 Å². The zero-order valence-corrected chi connectivity index (χ0v) is 17.9. The Kier molecular flexibility index (Phi) is 4.89. The highest BCUT2D eigenvalue weighted by Crippen LogP contribution is 2.39. The molecular formula is C27H22N2S. The van der Waals surface area contributed by atoms with Gasteiger partial charge in [-0.1, -0.05) is 74.5 Å². The molecule has 2 heterocycles. The number of pyridine rings is 1. The van der Waals surface area contributed by atoms with E-state index in [1.54, 1.807) is 11.3 Å². The molecule has 0 aliphatic carbocycles. The predicted molar refractivity (Wildman–Crippen MR) is 128 cm³/mol. The van der Waals surface area contributed by atoms with Gasteiger partial charge in [-0.15, -0.1) is 11.3 Å². The molecule has 0 aliphatic heterocycles. The molecular weight excluding hydrogens is 384 g/mol. The average molecular weight is 407 g/mol. The maximum atomic E-state index is 5.04. The van der Waals surface area contributed by atoms with Gasteiger partial charge in [0, 0.05) is 22.9 Å². The second-order valence-corrected chi connectivity index (χ2v) is 8.78. The molecule has 0 N–H and O–H groups in total. The number of hydrogen-bond donors (Lipinski definition) is 0. The topological polar surface area (TPSA) is 25.8 Å². The van der Waals surface area contributed by atoms with Crippen molar-refractivity contribution < 1.29 is 0 Å². The number of fused-ring (bicyclic) bond motifs is 1. The highest BCUT2D eigenvalue weighted by atomic mass is 32.1. The lowest BCUT2D eigenvalue weighted by Crippen LogP contribution is -1.91. The minimum Gasteiger partial charge on any atom is -0.256 e. The van der Waals surface area contributed by atoms with Crippen molar-refractivity contribution in [2.24, 2.45) is 0 Å². The molecule has 30 heavy (non-hydrogen) atoms. The highest BCUT2D eigenvalue weighted by molar-refractivity contribution is 7.21. The summed E-state index contributed by atoms with van der Waals surface area (Å²) in [6.07, 6.45) is 1.92. The largest absolute Gasteiger partial charge is 0.256 e. The van der Waals surface area contributed by atoms with Crippen LogP contribution in [0.3, 0.4) is 0 Å². The summed E-state index contributed by atoms with van der Waals surface area (Å²) in [4.78, 5) is 9.72. The molecule has 0 unspecified atom stereocenters. The minimum atomic E-state index is 0.470. The number of benzene rings is 3. The molecule has 2 nitrogen and oxygen atoms in total. The third kappa shape index (κ3) is 3.53. The summed E-state index contributed by atoms with van der Waals surface area (Å²) in [5.41, 5.74) is 7.97. The van der Waals surface area contributed by atoms with Crippen LogP contribution in [0.2, 0.25) is 0 Å². The molecule has 0 amide bonds. The monoisotopic (exact) mass is 406 g/mol. The van der Waals surface area contributed by atoms with Crippen molar-refractivity contribution in [1.29, 1.82) is 0 Å². The van der Waals surface area contributed by atoms with E-state index < -0.39 is 0 Å². The van der Waals surface area contributed by atoms with E-state index in [1.807, 2.05) is 12.3 Å². The van der Waals surface area contributed by atoms with Gasteiger partial charge in [0.1, 0.15) is 5.01 Å². The molecule has 5 aromatic rings. The molecule has 0 spiro atoms. The van der Waals surface area contributed by atoms with Crippen LogP contribution in [0.25, 0.3) is 43.2 Å². The van der Waals surface area contributed by atoms with Crippen molar-refractivity contribution in [2.75, 3.05) is 0 Å². The zero-order valence-electron chi connectivity index (χ0n) is 17.0. The van der Waals surface area contributed by atoms with Crippen LogP contribution in [0.1, 0.15) is 25.3 Å². The average Bonchev–Trinajstić information content (AvgIpc) is 3.24. The fourth-order valence-corrected chi connectivity index (χ4v) is 4.72. The van der Waals surface area contributed by atoms with Crippen molar-refractivity contribution in [3.8, 4) is 33.0 Å². The molecule has 0 saturated carbocycles. The summed E-state index contributed by atoms with van der Waals surface area (Å²) in [5, 5.41) is 1.05. The van der Waals surface area contributed by atoms with Crippen LogP contribution < -0.4 is 0 Å². The number of aromatic nitrogens is 2. The molecule has 3 heteroatoms. The van der Waals surface area contributed by atoms with Crippen molar-refractivity contribution in [1.82, 2.24) is 9.97 Å². The van der Waals surface area contributed by atoms with Gasteiger partial charge in [0.15, 0.2) is 0 Å². The van der Waals surface area contributed by atoms with E-state index in [1.165, 1.54) is 15.8 Å². The summed E-state index contributed by atoms with van der Waals surface area (Å²) in [6, 6.07) is 29.7. The fourth-order valence-electron chi connectivity index (χ4n) is 3.68. The van der Waals surface area contributed by atoms with Gasteiger partial charge in [0.25, 0.3) is 0 Å². The zero-order chi connectivity index (χ0) is 20.5. The van der Waals surface area contributed by atoms with Gasteiger partial charge < -0.3 is 0 Å². The first-order chi connectivity index (χ1) is 14.7. The summed E-state index contributed by atoms with van der Waals surface area (Å²) < 4.78 is 1.18. The van der Waals surface area contributed by atoms with Crippen LogP contribution in [0.15, 0.2) is 91.1 Å². The van der Waals surface area contributed by atoms with Crippen LogP contribution in [0.4, 0.5) is 0 Å². The third-order valence-electron chi connectivity index (χ3n) is 5.35. The van der Waals surface area contributed by atoms with Gasteiger partial charge in [0.2, 0.25) is 0 Å². The smallest absolute Gasteiger partial charge is 0.124 e. The minimum absolute atomic E-state index is 0.470. The Morgan fingerprint density at radius 1 is 0.733 bits per heavy atom. The Bertz CT molecular complexity index is 1310. The standard InChI is InChI=1S/C27H22N2S/c1-18(2)21-13-14-28-24(16-21)22-15-23(19-9-5-3-6-10-19)26-25(17-22)30-27(29-26)20-11-7-4-8-12-20/h3-18H,1-2H3. The Balaban J connectivity index is 1.74. The maximum absolute atomic E-state index is 5.04. The third-order valence-corrected chi connectivity index (χ3v) is 6.40. The maximum Gasteiger partial charge on any atom is 0.124 e. The van der Waals surface area contributed by atoms with Crippen LogP contribution in [-0.2, 0) is 0 Å². The first-order valence-corrected chi connectivity index (χ1v) is 11.0. The van der Waals surface area contributed by atoms with Gasteiger partial charge in [-0.25, -0.2) is 4.98 Å². The predicted octanol–water partition coefficient (Wildman–Crippen LogP) is 7.82. The van der Waals surface area contributed by atoms with Gasteiger partial charge in [0.05, 0.1) is 15.9 Å². The molecule has 0 bridgehead atoms. The molecule has 0 fully saturated rings. The Morgan fingerprint density at radius 2 is 1.43 bits per heavy atom. The molecule has 5 rings (SSSR count). The van der Waals surface area contributed by atoms with Crippen LogP contribution in [0, 0.1) is 0 Å². The van der Waals surface area contributed by atoms with E-state index >= 15 is 0 Å². The lowest BCUT2D eigenvalue weighted by Gasteiger charge is -2.10. The molecule has 3 aromatic carbocycles. The van der Waals surface area contributed by atoms with E-state index in [2.05, 4.69) is 97.7 Å². The number of thiazole rings is 1. The highest BCUT2D eigenvalue weighted by Gasteiger charge is 2.15. The van der Waals surface area contributed by atoms with Gasteiger partial charge in [-0.2, -0.15) is 0 Å². The lowest BCUT2D eigenvalue weighted by molar-refractivity contribution is 0.864. The molecule has 0 aliphatic rings. The molecule has 146 valence electrons. The van der Waals surface area contributed by atoms with E-state index in [0.29, 0.717) is 5.92 Å². The fraction of sp³-hybridized carbons (Fsp3) is 0.111. The lowest BCUT2D eigenvalue weighted by atomic mass is 9.98. The van der Waals surface area contributed by atoms with Gasteiger partial charge in [-0.3, -0.25) is 4.98 Å². The second kappa shape index (κ2) is 7.85. The van der Waals surface area contributed by atoms with Crippen LogP contribution in [-0.4, -0.2) is 9.97 Å². The van der Waals surface area contributed by atoms with Crippen LogP contribution >= 0.6 is 11.3 Å². The van der Waals surface area contributed by atoms with Crippen molar-refractivity contribution >= 4 is 21.6 Å². The van der Waals surface area contributed by atoms with E-state index in [4.69, 9.17) is 4.98 Å². The van der Waals surface area contributed by atoms with Crippen molar-refractivity contribution in [2.45, 2.75) is 19.8 Å². The first-order valence-electron chi connectivity index (χ1n) is 10.2. The molecule has 0 atom stereocenters. The Labute approximate surface area is 180 Å². The van der Waals surface area contributed by atoms with E-state index in [-0.39, 0.29) is 0 Å². The summed E-state index contributed by atoms with van der Waals surface area (Å²) in [5.74, 6) is 0.470. The van der Waals surface area contributed by atoms with Crippen molar-refractivity contribution in [3.05, 3.63) is 96.7 Å². The SMILES string of the molecule is CC(C)c1ccnc(-c2cc(-c3ccccc3)c3nc(-c4ccccc4)sc3c2)c1. The Morgan fingerprint density at radius 3 is 2.13 bits per heavy atom. The van der Waals surface area contributed by atoms with E-state index in [9.17, 15) is 0 Å². The number of rotatable bonds is 4. The van der Waals surface area contributed by atoms with Crippen molar-refractivity contribution in [3.63, 3.8) is 0 Å². The second-order valence-electron chi connectivity index (χ2n) is 7.75. The van der Waals surface area contributed by atoms with Crippen LogP contribution in [0.5, 0.6) is 0 Å². The molecule has 0 radical (unpaired) electrons. The van der Waals surface area contributed by atoms with E-state index in [0.717, 1.165) is 32.9 Å². The number of nitrogens with zero attached hydrogens (tertiary/aromatic N) is 2. The summed E-state index contributed by atoms with van der Waals surface area (Å²) in [7, 11) is 0. The molecule has 0 saturated heterocycles.